The van der Waals surface area contributed by atoms with E-state index in [4.69, 9.17) is 12.6 Å². The van der Waals surface area contributed by atoms with Gasteiger partial charge in [0.05, 0.1) is 10.2 Å². The highest BCUT2D eigenvalue weighted by molar-refractivity contribution is 8.13. The first-order valence-corrected chi connectivity index (χ1v) is 12.4. The molecule has 0 fully saturated rings. The van der Waals surface area contributed by atoms with Crippen molar-refractivity contribution in [3.63, 3.8) is 0 Å². The molecule has 0 saturated heterocycles. The first kappa shape index (κ1) is 24.4. The van der Waals surface area contributed by atoms with E-state index in [2.05, 4.69) is 46.8 Å². The van der Waals surface area contributed by atoms with Gasteiger partial charge in [0.2, 0.25) is 0 Å². The van der Waals surface area contributed by atoms with E-state index in [0.717, 1.165) is 27.7 Å². The van der Waals surface area contributed by atoms with Crippen LogP contribution in [-0.4, -0.2) is 4.58 Å². The van der Waals surface area contributed by atoms with Gasteiger partial charge in [0, 0.05) is 9.78 Å². The van der Waals surface area contributed by atoms with E-state index < -0.39 is 0 Å². The molecule has 0 spiro atoms. The number of hydrogen-bond acceptors (Lipinski definition) is 4. The molecule has 1 unspecified atom stereocenters. The molecule has 150 valence electrons. The van der Waals surface area contributed by atoms with E-state index in [-0.39, 0.29) is 4.58 Å². The molecule has 1 nitrogen and oxygen atoms in total. The molecule has 1 rings (SSSR count). The lowest BCUT2D eigenvalue weighted by molar-refractivity contribution is 0.180. The van der Waals surface area contributed by atoms with Crippen molar-refractivity contribution < 1.29 is 0 Å². The topological polar surface area (TPSA) is 23.8 Å². The third-order valence-electron chi connectivity index (χ3n) is 5.81. The van der Waals surface area contributed by atoms with Gasteiger partial charge in [-0.2, -0.15) is 17.9 Å². The lowest BCUT2D eigenvalue weighted by atomic mass is 9.74. The molecule has 0 aliphatic heterocycles. The second-order valence-electron chi connectivity index (χ2n) is 7.24. The van der Waals surface area contributed by atoms with Gasteiger partial charge in [-0.05, 0) is 48.1 Å². The largest absolute Gasteiger partial charge is 0.192 e. The van der Waals surface area contributed by atoms with Gasteiger partial charge in [-0.3, -0.25) is 0 Å². The summed E-state index contributed by atoms with van der Waals surface area (Å²) >= 11 is 8.43. The Bertz CT molecular complexity index is 639. The zero-order valence-electron chi connectivity index (χ0n) is 17.6. The molecule has 5 atom stereocenters. The number of nitriles is 1. The van der Waals surface area contributed by atoms with Gasteiger partial charge in [-0.25, -0.2) is 0 Å². The van der Waals surface area contributed by atoms with Crippen LogP contribution in [0.1, 0.15) is 65.7 Å². The first-order chi connectivity index (χ1) is 12.9. The standard InChI is InChI=1S/C23H35NS3/c1-7-16(5)17(6)20(9-3)21(10-4)23(25)27-19(8-2)14-18(15-24)22-12-11-13-26-22/h8,11-14,16-17,20-21,23,25H,7,9-10H2,1-6H3/b18-14+,19-8-/t16-,17-,20-,21-,23?/m0/s1. The maximum absolute atomic E-state index is 9.55. The number of allylic oxidation sites excluding steroid dienone is 3. The van der Waals surface area contributed by atoms with E-state index in [0.29, 0.717) is 17.8 Å². The molecule has 0 aliphatic rings. The quantitative estimate of drug-likeness (QED) is 0.168. The number of rotatable bonds is 11. The highest BCUT2D eigenvalue weighted by Crippen LogP contribution is 2.42. The lowest BCUT2D eigenvalue weighted by Crippen LogP contribution is -2.30. The van der Waals surface area contributed by atoms with E-state index in [9.17, 15) is 5.26 Å². The van der Waals surface area contributed by atoms with Crippen molar-refractivity contribution in [2.75, 3.05) is 0 Å². The van der Waals surface area contributed by atoms with E-state index in [1.165, 1.54) is 12.8 Å². The van der Waals surface area contributed by atoms with Crippen molar-refractivity contribution in [1.29, 1.82) is 5.26 Å². The van der Waals surface area contributed by atoms with Crippen LogP contribution < -0.4 is 0 Å². The molecule has 0 saturated carbocycles. The summed E-state index contributed by atoms with van der Waals surface area (Å²) < 4.78 is 0.234. The van der Waals surface area contributed by atoms with E-state index >= 15 is 0 Å². The van der Waals surface area contributed by atoms with Crippen LogP contribution in [0.4, 0.5) is 0 Å². The fourth-order valence-corrected chi connectivity index (χ4v) is 6.38. The molecule has 0 amide bonds. The van der Waals surface area contributed by atoms with Gasteiger partial charge < -0.3 is 0 Å². The lowest BCUT2D eigenvalue weighted by Gasteiger charge is -2.36. The van der Waals surface area contributed by atoms with Crippen LogP contribution in [0.15, 0.2) is 34.6 Å². The van der Waals surface area contributed by atoms with Gasteiger partial charge in [0.25, 0.3) is 0 Å². The summed E-state index contributed by atoms with van der Waals surface area (Å²) in [5, 5.41) is 11.6. The fraction of sp³-hybridized carbons (Fsp3) is 0.609. The Hall–Kier alpha value is -0.630. The maximum atomic E-state index is 9.55. The summed E-state index contributed by atoms with van der Waals surface area (Å²) in [5.41, 5.74) is 0.735. The van der Waals surface area contributed by atoms with Gasteiger partial charge in [0.1, 0.15) is 6.07 Å². The highest BCUT2D eigenvalue weighted by atomic mass is 32.2. The minimum absolute atomic E-state index is 0.234. The van der Waals surface area contributed by atoms with Crippen molar-refractivity contribution in [3.8, 4) is 6.07 Å². The van der Waals surface area contributed by atoms with Gasteiger partial charge in [0.15, 0.2) is 0 Å². The SMILES string of the molecule is C/C=C(/C=C(\C#N)c1cccs1)SC(S)[C@@H](CC)[C@@H](CC)[C@@H](C)[C@@H](C)CC. The average molecular weight is 422 g/mol. The zero-order valence-corrected chi connectivity index (χ0v) is 20.1. The summed E-state index contributed by atoms with van der Waals surface area (Å²) in [6, 6.07) is 6.35. The first-order valence-electron chi connectivity index (χ1n) is 10.1. The van der Waals surface area contributed by atoms with Crippen molar-refractivity contribution >= 4 is 41.3 Å². The molecule has 0 aromatic carbocycles. The Morgan fingerprint density at radius 1 is 1.22 bits per heavy atom. The smallest absolute Gasteiger partial charge is 0.101 e. The third kappa shape index (κ3) is 7.04. The van der Waals surface area contributed by atoms with Crippen LogP contribution in [-0.2, 0) is 0 Å². The fourth-order valence-electron chi connectivity index (χ4n) is 3.72. The Morgan fingerprint density at radius 2 is 1.89 bits per heavy atom. The molecule has 1 aromatic heterocycles. The van der Waals surface area contributed by atoms with Crippen molar-refractivity contribution in [2.45, 2.75) is 65.4 Å². The molecule has 4 heteroatoms. The molecular weight excluding hydrogens is 386 g/mol. The summed E-state index contributed by atoms with van der Waals surface area (Å²) in [6.45, 7) is 13.7. The van der Waals surface area contributed by atoms with Crippen LogP contribution in [0.2, 0.25) is 0 Å². The highest BCUT2D eigenvalue weighted by Gasteiger charge is 2.31. The van der Waals surface area contributed by atoms with Crippen molar-refractivity contribution in [1.82, 2.24) is 0 Å². The van der Waals surface area contributed by atoms with Crippen LogP contribution in [0.25, 0.3) is 5.57 Å². The second kappa shape index (κ2) is 12.8. The monoisotopic (exact) mass is 421 g/mol. The molecule has 1 heterocycles. The van der Waals surface area contributed by atoms with Crippen LogP contribution >= 0.6 is 35.7 Å². The molecule has 0 aliphatic carbocycles. The molecule has 0 bridgehead atoms. The molecule has 27 heavy (non-hydrogen) atoms. The second-order valence-corrected chi connectivity index (χ2v) is 10.3. The number of hydrogen-bond donors (Lipinski definition) is 1. The summed E-state index contributed by atoms with van der Waals surface area (Å²) in [7, 11) is 0. The predicted octanol–water partition coefficient (Wildman–Crippen LogP) is 8.28. The molecule has 0 N–H and O–H groups in total. The minimum Gasteiger partial charge on any atom is -0.192 e. The summed E-state index contributed by atoms with van der Waals surface area (Å²) in [5.74, 6) is 2.67. The van der Waals surface area contributed by atoms with E-state index in [1.54, 1.807) is 23.1 Å². The molecular formula is C23H35NS3. The van der Waals surface area contributed by atoms with Gasteiger partial charge in [-0.1, -0.05) is 66.0 Å². The number of thiophene rings is 1. The Labute approximate surface area is 180 Å². The average Bonchev–Trinajstić information content (AvgIpc) is 3.22. The van der Waals surface area contributed by atoms with Crippen LogP contribution in [0, 0.1) is 35.0 Å². The Balaban J connectivity index is 2.97. The third-order valence-corrected chi connectivity index (χ3v) is 8.63. The number of thioether (sulfide) groups is 1. The maximum Gasteiger partial charge on any atom is 0.101 e. The molecule has 1 aromatic rings. The normalized spacial score (nSPS) is 18.4. The number of thiol groups is 1. The van der Waals surface area contributed by atoms with Crippen molar-refractivity contribution in [2.24, 2.45) is 23.7 Å². The van der Waals surface area contributed by atoms with Gasteiger partial charge >= 0.3 is 0 Å². The van der Waals surface area contributed by atoms with Crippen LogP contribution in [0.3, 0.4) is 0 Å². The Morgan fingerprint density at radius 3 is 2.33 bits per heavy atom. The molecule has 0 radical (unpaired) electrons. The predicted molar refractivity (Wildman–Crippen MR) is 128 cm³/mol. The Kier molecular flexibility index (Phi) is 11.5. The minimum atomic E-state index is 0.234. The number of nitrogens with zero attached hydrogens (tertiary/aromatic N) is 1. The summed E-state index contributed by atoms with van der Waals surface area (Å²) in [6.07, 6.45) is 7.68. The van der Waals surface area contributed by atoms with Crippen LogP contribution in [0.5, 0.6) is 0 Å². The van der Waals surface area contributed by atoms with E-state index in [1.807, 2.05) is 30.5 Å². The summed E-state index contributed by atoms with van der Waals surface area (Å²) in [4.78, 5) is 2.15. The zero-order chi connectivity index (χ0) is 20.4. The van der Waals surface area contributed by atoms with Gasteiger partial charge in [-0.15, -0.1) is 23.1 Å². The van der Waals surface area contributed by atoms with Crippen molar-refractivity contribution in [3.05, 3.63) is 39.4 Å².